The number of hydrogen-bond donors (Lipinski definition) is 1. The van der Waals surface area contributed by atoms with Gasteiger partial charge in [-0.1, -0.05) is 15.9 Å². The summed E-state index contributed by atoms with van der Waals surface area (Å²) in [5, 5.41) is 3.65. The van der Waals surface area contributed by atoms with Crippen molar-refractivity contribution in [2.75, 3.05) is 6.54 Å². The fourth-order valence-electron chi connectivity index (χ4n) is 2.29. The van der Waals surface area contributed by atoms with Gasteiger partial charge in [0.15, 0.2) is 0 Å². The van der Waals surface area contributed by atoms with Crippen LogP contribution in [0.2, 0.25) is 0 Å². The van der Waals surface area contributed by atoms with Crippen molar-refractivity contribution in [1.82, 2.24) is 5.32 Å². The van der Waals surface area contributed by atoms with Crippen LogP contribution in [0, 0.1) is 11.7 Å². The quantitative estimate of drug-likeness (QED) is 0.824. The van der Waals surface area contributed by atoms with Gasteiger partial charge in [-0.05, 0) is 49.9 Å². The normalized spacial score (nSPS) is 24.2. The van der Waals surface area contributed by atoms with E-state index in [1.807, 2.05) is 6.07 Å². The standard InChI is InChI=1S/C13H16BrClFN/c14-11-2-4-13(16)10(6-11)8-17-7-9-1-3-12(15)5-9/h2,4,6,9,12,17H,1,3,5,7-8H2. The summed E-state index contributed by atoms with van der Waals surface area (Å²) in [4.78, 5) is 0. The fourth-order valence-corrected chi connectivity index (χ4v) is 3.08. The van der Waals surface area contributed by atoms with Crippen molar-refractivity contribution in [3.8, 4) is 0 Å². The van der Waals surface area contributed by atoms with Gasteiger partial charge in [-0.2, -0.15) is 0 Å². The Labute approximate surface area is 115 Å². The first-order valence-electron chi connectivity index (χ1n) is 5.94. The van der Waals surface area contributed by atoms with Gasteiger partial charge in [0.05, 0.1) is 0 Å². The summed E-state index contributed by atoms with van der Waals surface area (Å²) in [6, 6.07) is 5.03. The van der Waals surface area contributed by atoms with Crippen LogP contribution in [0.1, 0.15) is 24.8 Å². The van der Waals surface area contributed by atoms with Crippen LogP contribution in [0.4, 0.5) is 4.39 Å². The molecule has 1 aromatic rings. The molecule has 2 unspecified atom stereocenters. The lowest BCUT2D eigenvalue weighted by Gasteiger charge is -2.11. The predicted octanol–water partition coefficient (Wildman–Crippen LogP) is 4.09. The molecule has 0 radical (unpaired) electrons. The van der Waals surface area contributed by atoms with Gasteiger partial charge in [-0.15, -0.1) is 11.6 Å². The summed E-state index contributed by atoms with van der Waals surface area (Å²) in [6.45, 7) is 1.50. The van der Waals surface area contributed by atoms with E-state index in [4.69, 9.17) is 11.6 Å². The van der Waals surface area contributed by atoms with Crippen LogP contribution >= 0.6 is 27.5 Å². The minimum atomic E-state index is -0.151. The molecule has 0 saturated heterocycles. The van der Waals surface area contributed by atoms with Gasteiger partial charge in [-0.25, -0.2) is 4.39 Å². The van der Waals surface area contributed by atoms with E-state index in [2.05, 4.69) is 21.2 Å². The Morgan fingerprint density at radius 3 is 2.94 bits per heavy atom. The van der Waals surface area contributed by atoms with Crippen LogP contribution in [-0.2, 0) is 6.54 Å². The second-order valence-electron chi connectivity index (χ2n) is 4.64. The van der Waals surface area contributed by atoms with Crippen molar-refractivity contribution in [1.29, 1.82) is 0 Å². The lowest BCUT2D eigenvalue weighted by Crippen LogP contribution is -2.21. The Morgan fingerprint density at radius 2 is 2.24 bits per heavy atom. The largest absolute Gasteiger partial charge is 0.312 e. The molecule has 1 saturated carbocycles. The molecule has 4 heteroatoms. The molecule has 1 aliphatic rings. The highest BCUT2D eigenvalue weighted by Crippen LogP contribution is 2.28. The first kappa shape index (κ1) is 13.3. The van der Waals surface area contributed by atoms with E-state index in [1.165, 1.54) is 12.5 Å². The van der Waals surface area contributed by atoms with E-state index >= 15 is 0 Å². The molecule has 0 amide bonds. The molecule has 0 heterocycles. The Hall–Kier alpha value is -0.120. The van der Waals surface area contributed by atoms with Gasteiger partial charge < -0.3 is 5.32 Å². The first-order valence-corrected chi connectivity index (χ1v) is 7.17. The van der Waals surface area contributed by atoms with E-state index in [-0.39, 0.29) is 5.82 Å². The van der Waals surface area contributed by atoms with Gasteiger partial charge in [-0.3, -0.25) is 0 Å². The Balaban J connectivity index is 1.80. The Morgan fingerprint density at radius 1 is 1.41 bits per heavy atom. The molecular formula is C13H16BrClFN. The van der Waals surface area contributed by atoms with Crippen molar-refractivity contribution in [3.05, 3.63) is 34.1 Å². The third-order valence-electron chi connectivity index (χ3n) is 3.23. The monoisotopic (exact) mass is 319 g/mol. The molecule has 2 rings (SSSR count). The Kier molecular flexibility index (Phi) is 4.83. The number of nitrogens with one attached hydrogen (secondary N) is 1. The number of benzene rings is 1. The first-order chi connectivity index (χ1) is 8.15. The summed E-state index contributed by atoms with van der Waals surface area (Å²) in [7, 11) is 0. The van der Waals surface area contributed by atoms with Crippen molar-refractivity contribution in [3.63, 3.8) is 0 Å². The fraction of sp³-hybridized carbons (Fsp3) is 0.538. The molecule has 17 heavy (non-hydrogen) atoms. The second kappa shape index (κ2) is 6.17. The maximum Gasteiger partial charge on any atom is 0.127 e. The smallest absolute Gasteiger partial charge is 0.127 e. The van der Waals surface area contributed by atoms with E-state index in [1.54, 1.807) is 6.07 Å². The summed E-state index contributed by atoms with van der Waals surface area (Å²) in [6.07, 6.45) is 3.37. The van der Waals surface area contributed by atoms with E-state index in [0.29, 0.717) is 23.4 Å². The van der Waals surface area contributed by atoms with Gasteiger partial charge in [0.2, 0.25) is 0 Å². The Bertz CT molecular complexity index is 386. The summed E-state index contributed by atoms with van der Waals surface area (Å²) < 4.78 is 14.4. The summed E-state index contributed by atoms with van der Waals surface area (Å²) in [5.74, 6) is 0.495. The van der Waals surface area contributed by atoms with Crippen molar-refractivity contribution in [2.24, 2.45) is 5.92 Å². The average molecular weight is 321 g/mol. The highest BCUT2D eigenvalue weighted by atomic mass is 79.9. The topological polar surface area (TPSA) is 12.0 Å². The molecule has 1 fully saturated rings. The third-order valence-corrected chi connectivity index (χ3v) is 4.12. The summed E-state index contributed by atoms with van der Waals surface area (Å²) >= 11 is 9.41. The molecule has 1 aliphatic carbocycles. The van der Waals surface area contributed by atoms with Crippen molar-refractivity contribution < 1.29 is 4.39 Å². The lowest BCUT2D eigenvalue weighted by atomic mass is 10.1. The van der Waals surface area contributed by atoms with E-state index < -0.39 is 0 Å². The molecular weight excluding hydrogens is 305 g/mol. The van der Waals surface area contributed by atoms with Crippen molar-refractivity contribution in [2.45, 2.75) is 31.2 Å². The molecule has 1 aromatic carbocycles. The highest BCUT2D eigenvalue weighted by Gasteiger charge is 2.22. The number of halogens is 3. The molecule has 2 atom stereocenters. The van der Waals surface area contributed by atoms with Crippen LogP contribution in [0.3, 0.4) is 0 Å². The van der Waals surface area contributed by atoms with Crippen LogP contribution in [0.15, 0.2) is 22.7 Å². The molecule has 0 spiro atoms. The maximum absolute atomic E-state index is 13.5. The number of alkyl halides is 1. The minimum Gasteiger partial charge on any atom is -0.312 e. The zero-order chi connectivity index (χ0) is 12.3. The molecule has 94 valence electrons. The molecule has 0 aromatic heterocycles. The lowest BCUT2D eigenvalue weighted by molar-refractivity contribution is 0.483. The number of hydrogen-bond acceptors (Lipinski definition) is 1. The van der Waals surface area contributed by atoms with Gasteiger partial charge in [0.1, 0.15) is 5.82 Å². The zero-order valence-corrected chi connectivity index (χ0v) is 11.9. The SMILES string of the molecule is Fc1ccc(Br)cc1CNCC1CCC(Cl)C1. The van der Waals surface area contributed by atoms with Gasteiger partial charge >= 0.3 is 0 Å². The molecule has 1 N–H and O–H groups in total. The van der Waals surface area contributed by atoms with Crippen LogP contribution in [-0.4, -0.2) is 11.9 Å². The van der Waals surface area contributed by atoms with Crippen LogP contribution in [0.5, 0.6) is 0 Å². The predicted molar refractivity (Wildman–Crippen MR) is 72.8 cm³/mol. The van der Waals surface area contributed by atoms with Crippen LogP contribution in [0.25, 0.3) is 0 Å². The van der Waals surface area contributed by atoms with Gasteiger partial charge in [0.25, 0.3) is 0 Å². The zero-order valence-electron chi connectivity index (χ0n) is 9.56. The van der Waals surface area contributed by atoms with E-state index in [0.717, 1.165) is 23.9 Å². The number of rotatable bonds is 4. The molecule has 0 bridgehead atoms. The summed E-state index contributed by atoms with van der Waals surface area (Å²) in [5.41, 5.74) is 0.708. The van der Waals surface area contributed by atoms with Crippen molar-refractivity contribution >= 4 is 27.5 Å². The second-order valence-corrected chi connectivity index (χ2v) is 6.18. The van der Waals surface area contributed by atoms with E-state index in [9.17, 15) is 4.39 Å². The van der Waals surface area contributed by atoms with Crippen LogP contribution < -0.4 is 5.32 Å². The maximum atomic E-state index is 13.5. The highest BCUT2D eigenvalue weighted by molar-refractivity contribution is 9.10. The minimum absolute atomic E-state index is 0.151. The average Bonchev–Trinajstić information content (AvgIpc) is 2.69. The third kappa shape index (κ3) is 3.94. The molecule has 0 aliphatic heterocycles. The van der Waals surface area contributed by atoms with Gasteiger partial charge in [0, 0.05) is 22.0 Å². The molecule has 1 nitrogen and oxygen atoms in total.